The van der Waals surface area contributed by atoms with Gasteiger partial charge in [-0.25, -0.2) is 4.98 Å². The molecule has 1 aromatic carbocycles. The van der Waals surface area contributed by atoms with Crippen molar-refractivity contribution in [1.82, 2.24) is 14.9 Å². The van der Waals surface area contributed by atoms with Crippen molar-refractivity contribution in [3.05, 3.63) is 36.7 Å². The second-order valence-electron chi connectivity index (χ2n) is 8.66. The first-order valence-electron chi connectivity index (χ1n) is 9.97. The maximum atomic E-state index is 12.1. The Balaban J connectivity index is 1.63. The van der Waals surface area contributed by atoms with Crippen molar-refractivity contribution in [3.8, 4) is 11.3 Å². The van der Waals surface area contributed by atoms with Crippen molar-refractivity contribution in [2.45, 2.75) is 40.7 Å². The summed E-state index contributed by atoms with van der Waals surface area (Å²) in [4.78, 5) is 26.1. The molecule has 0 radical (unpaired) electrons. The van der Waals surface area contributed by atoms with Gasteiger partial charge in [0.05, 0.1) is 18.1 Å². The van der Waals surface area contributed by atoms with Crippen LogP contribution in [0.15, 0.2) is 36.7 Å². The number of hydrogen-bond donors (Lipinski definition) is 1. The number of rotatable bonds is 4. The van der Waals surface area contributed by atoms with Crippen LogP contribution in [0.1, 0.15) is 34.6 Å². The van der Waals surface area contributed by atoms with Gasteiger partial charge in [0, 0.05) is 48.9 Å². The van der Waals surface area contributed by atoms with Crippen molar-refractivity contribution in [1.29, 1.82) is 0 Å². The highest BCUT2D eigenvalue weighted by Gasteiger charge is 2.21. The molecule has 2 heterocycles. The van der Waals surface area contributed by atoms with Crippen LogP contribution in [-0.2, 0) is 4.79 Å². The number of carbonyl (C=O) groups is 1. The van der Waals surface area contributed by atoms with Gasteiger partial charge in [0.15, 0.2) is 0 Å². The van der Waals surface area contributed by atoms with Gasteiger partial charge in [0.2, 0.25) is 5.91 Å². The highest BCUT2D eigenvalue weighted by Crippen LogP contribution is 2.23. The lowest BCUT2D eigenvalue weighted by atomic mass is 9.95. The summed E-state index contributed by atoms with van der Waals surface area (Å²) in [6, 6.07) is 8.32. The lowest BCUT2D eigenvalue weighted by molar-refractivity contribution is -0.123. The molecule has 6 heteroatoms. The molecule has 0 unspecified atom stereocenters. The molecule has 1 amide bonds. The van der Waals surface area contributed by atoms with Gasteiger partial charge in [0.1, 0.15) is 5.82 Å². The van der Waals surface area contributed by atoms with E-state index in [0.717, 1.165) is 48.9 Å². The van der Waals surface area contributed by atoms with Gasteiger partial charge in [0.25, 0.3) is 0 Å². The molecule has 28 heavy (non-hydrogen) atoms. The molecule has 1 aromatic heterocycles. The van der Waals surface area contributed by atoms with Gasteiger partial charge < -0.3 is 10.2 Å². The Morgan fingerprint density at radius 2 is 1.64 bits per heavy atom. The minimum atomic E-state index is -0.416. The van der Waals surface area contributed by atoms with Gasteiger partial charge in [-0.05, 0) is 26.0 Å². The van der Waals surface area contributed by atoms with Crippen LogP contribution < -0.4 is 10.2 Å². The Morgan fingerprint density at radius 1 is 1.00 bits per heavy atom. The van der Waals surface area contributed by atoms with Crippen molar-refractivity contribution in [3.63, 3.8) is 0 Å². The van der Waals surface area contributed by atoms with Gasteiger partial charge in [-0.15, -0.1) is 0 Å². The first-order valence-corrected chi connectivity index (χ1v) is 9.97. The zero-order valence-electron chi connectivity index (χ0n) is 17.6. The number of aromatic nitrogens is 2. The number of hydrogen-bond acceptors (Lipinski definition) is 5. The van der Waals surface area contributed by atoms with E-state index in [1.807, 2.05) is 57.4 Å². The van der Waals surface area contributed by atoms with Crippen molar-refractivity contribution >= 4 is 17.4 Å². The van der Waals surface area contributed by atoms with Crippen LogP contribution in [0.25, 0.3) is 11.3 Å². The van der Waals surface area contributed by atoms with Gasteiger partial charge in [-0.1, -0.05) is 32.9 Å². The summed E-state index contributed by atoms with van der Waals surface area (Å²) in [5.41, 5.74) is 2.19. The van der Waals surface area contributed by atoms with Crippen molar-refractivity contribution < 1.29 is 4.79 Å². The Kier molecular flexibility index (Phi) is 5.98. The number of amides is 1. The van der Waals surface area contributed by atoms with Crippen LogP contribution in [0.5, 0.6) is 0 Å². The normalized spacial score (nSPS) is 15.7. The number of piperazine rings is 1. The lowest BCUT2D eigenvalue weighted by Gasteiger charge is -2.37. The summed E-state index contributed by atoms with van der Waals surface area (Å²) in [6.07, 6.45) is 3.68. The third-order valence-corrected chi connectivity index (χ3v) is 5.13. The molecule has 2 aromatic rings. The van der Waals surface area contributed by atoms with Gasteiger partial charge in [-0.3, -0.25) is 14.7 Å². The van der Waals surface area contributed by atoms with E-state index in [2.05, 4.69) is 38.9 Å². The highest BCUT2D eigenvalue weighted by molar-refractivity contribution is 5.94. The first kappa shape index (κ1) is 20.3. The Hall–Kier alpha value is -2.47. The minimum absolute atomic E-state index is 0.00181. The Bertz CT molecular complexity index is 785. The molecule has 150 valence electrons. The van der Waals surface area contributed by atoms with Crippen LogP contribution in [0.4, 0.5) is 11.5 Å². The fraction of sp³-hybridized carbons (Fsp3) is 0.500. The molecule has 1 N–H and O–H groups in total. The Labute approximate surface area is 168 Å². The number of benzene rings is 1. The van der Waals surface area contributed by atoms with Gasteiger partial charge >= 0.3 is 0 Å². The zero-order valence-corrected chi connectivity index (χ0v) is 17.6. The average molecular weight is 382 g/mol. The summed E-state index contributed by atoms with van der Waals surface area (Å²) in [6.45, 7) is 14.3. The molecular weight excluding hydrogens is 350 g/mol. The van der Waals surface area contributed by atoms with E-state index < -0.39 is 5.41 Å². The molecule has 0 saturated carbocycles. The molecule has 0 atom stereocenters. The number of carbonyl (C=O) groups excluding carboxylic acids is 1. The predicted molar refractivity (Wildman–Crippen MR) is 114 cm³/mol. The van der Waals surface area contributed by atoms with Crippen LogP contribution >= 0.6 is 0 Å². The van der Waals surface area contributed by atoms with Crippen LogP contribution in [0.3, 0.4) is 0 Å². The summed E-state index contributed by atoms with van der Waals surface area (Å²) < 4.78 is 0. The van der Waals surface area contributed by atoms with Crippen LogP contribution in [0.2, 0.25) is 0 Å². The molecule has 6 nitrogen and oxygen atoms in total. The quantitative estimate of drug-likeness (QED) is 0.876. The smallest absolute Gasteiger partial charge is 0.229 e. The molecule has 1 aliphatic heterocycles. The molecule has 0 bridgehead atoms. The van der Waals surface area contributed by atoms with E-state index in [1.165, 1.54) is 0 Å². The number of nitrogens with zero attached hydrogens (tertiary/aromatic N) is 4. The average Bonchev–Trinajstić information content (AvgIpc) is 2.68. The SMILES string of the molecule is CC(C)N1CCN(c2cnc(-c3ccc(NC(=O)C(C)(C)C)cc3)cn2)CC1. The van der Waals surface area contributed by atoms with Crippen LogP contribution in [-0.4, -0.2) is 53.0 Å². The molecule has 3 rings (SSSR count). The largest absolute Gasteiger partial charge is 0.353 e. The standard InChI is InChI=1S/C22H31N5O/c1-16(2)26-10-12-27(13-11-26)20-15-23-19(14-24-20)17-6-8-18(9-7-17)25-21(28)22(3,4)5/h6-9,14-16H,10-13H2,1-5H3,(H,25,28). The molecule has 0 aliphatic carbocycles. The fourth-order valence-electron chi connectivity index (χ4n) is 3.14. The van der Waals surface area contributed by atoms with Crippen LogP contribution in [0, 0.1) is 5.41 Å². The van der Waals surface area contributed by atoms with E-state index in [0.29, 0.717) is 6.04 Å². The second-order valence-corrected chi connectivity index (χ2v) is 8.66. The topological polar surface area (TPSA) is 61.4 Å². The van der Waals surface area contributed by atoms with E-state index in [1.54, 1.807) is 0 Å². The van der Waals surface area contributed by atoms with Gasteiger partial charge in [-0.2, -0.15) is 0 Å². The monoisotopic (exact) mass is 381 g/mol. The van der Waals surface area contributed by atoms with E-state index in [-0.39, 0.29) is 5.91 Å². The number of nitrogens with one attached hydrogen (secondary N) is 1. The Morgan fingerprint density at radius 3 is 2.14 bits per heavy atom. The maximum Gasteiger partial charge on any atom is 0.229 e. The third kappa shape index (κ3) is 4.87. The molecule has 1 aliphatic rings. The third-order valence-electron chi connectivity index (χ3n) is 5.13. The van der Waals surface area contributed by atoms with E-state index in [9.17, 15) is 4.79 Å². The minimum Gasteiger partial charge on any atom is -0.353 e. The molecule has 1 saturated heterocycles. The van der Waals surface area contributed by atoms with Crippen molar-refractivity contribution in [2.75, 3.05) is 36.4 Å². The molecular formula is C22H31N5O. The summed E-state index contributed by atoms with van der Waals surface area (Å²) in [5.74, 6) is 0.933. The first-order chi connectivity index (χ1) is 13.2. The zero-order chi connectivity index (χ0) is 20.3. The summed E-state index contributed by atoms with van der Waals surface area (Å²) in [7, 11) is 0. The number of anilines is 2. The predicted octanol–water partition coefficient (Wildman–Crippen LogP) is 3.66. The lowest BCUT2D eigenvalue weighted by Crippen LogP contribution is -2.49. The molecule has 1 fully saturated rings. The van der Waals surface area contributed by atoms with E-state index >= 15 is 0 Å². The van der Waals surface area contributed by atoms with Crippen molar-refractivity contribution in [2.24, 2.45) is 5.41 Å². The molecule has 0 spiro atoms. The second kappa shape index (κ2) is 8.27. The summed E-state index contributed by atoms with van der Waals surface area (Å²) in [5, 5.41) is 2.94. The van der Waals surface area contributed by atoms with E-state index in [4.69, 9.17) is 0 Å². The highest BCUT2D eigenvalue weighted by atomic mass is 16.2. The summed E-state index contributed by atoms with van der Waals surface area (Å²) >= 11 is 0. The maximum absolute atomic E-state index is 12.1. The fourth-order valence-corrected chi connectivity index (χ4v) is 3.14.